The van der Waals surface area contributed by atoms with Gasteiger partial charge in [0, 0.05) is 0 Å². The van der Waals surface area contributed by atoms with Crippen molar-refractivity contribution in [3.63, 3.8) is 0 Å². The molecule has 0 aromatic carbocycles. The maximum absolute atomic E-state index is 4.13. The molecular weight excluding hydrogens is 378 g/mol. The van der Waals surface area contributed by atoms with Gasteiger partial charge in [-0.1, -0.05) is 0 Å². The predicted molar refractivity (Wildman–Crippen MR) is 108 cm³/mol. The fourth-order valence-electron chi connectivity index (χ4n) is 2.55. The summed E-state index contributed by atoms with van der Waals surface area (Å²) in [6.07, 6.45) is 17.1. The Bertz CT molecular complexity index is 492. The summed E-state index contributed by atoms with van der Waals surface area (Å²) in [5, 5.41) is 2.95. The van der Waals surface area contributed by atoms with E-state index >= 15 is 0 Å². The topological polar surface area (TPSA) is 25.8 Å². The molecule has 0 amide bonds. The van der Waals surface area contributed by atoms with Gasteiger partial charge >= 0.3 is 155 Å². The van der Waals surface area contributed by atoms with Crippen molar-refractivity contribution in [2.75, 3.05) is 18.5 Å². The summed E-state index contributed by atoms with van der Waals surface area (Å²) < 4.78 is 0. The van der Waals surface area contributed by atoms with Gasteiger partial charge in [-0.2, -0.15) is 0 Å². The van der Waals surface area contributed by atoms with Crippen molar-refractivity contribution in [2.45, 2.75) is 43.2 Å². The molecule has 0 radical (unpaired) electrons. The van der Waals surface area contributed by atoms with E-state index in [9.17, 15) is 0 Å². The Morgan fingerprint density at radius 1 is 0.792 bits per heavy atom. The molecule has 2 aromatic heterocycles. The van der Waals surface area contributed by atoms with Gasteiger partial charge < -0.3 is 0 Å². The summed E-state index contributed by atoms with van der Waals surface area (Å²) >= 11 is 0.865. The number of unbranched alkanes of at least 4 members (excludes halogenated alkanes) is 1. The zero-order valence-electron chi connectivity index (χ0n) is 14.7. The number of aryl methyl sites for hydroxylation is 2. The first kappa shape index (κ1) is 19.6. The molecule has 0 aliphatic heterocycles. The fraction of sp³-hybridized carbons (Fsp3) is 0.500. The van der Waals surface area contributed by atoms with E-state index < -0.39 is 0 Å². The number of aromatic nitrogens is 2. The molecule has 0 fully saturated rings. The van der Waals surface area contributed by atoms with Crippen LogP contribution in [0.5, 0.6) is 0 Å². The van der Waals surface area contributed by atoms with Crippen molar-refractivity contribution in [3.8, 4) is 0 Å². The van der Waals surface area contributed by atoms with Crippen molar-refractivity contribution in [1.82, 2.24) is 9.97 Å². The third kappa shape index (κ3) is 8.38. The average Bonchev–Trinajstić information content (AvgIpc) is 2.65. The van der Waals surface area contributed by atoms with Gasteiger partial charge in [0.2, 0.25) is 0 Å². The van der Waals surface area contributed by atoms with Crippen LogP contribution in [0.25, 0.3) is 0 Å². The first-order chi connectivity index (χ1) is 11.9. The van der Waals surface area contributed by atoms with Crippen LogP contribution in [0.1, 0.15) is 30.9 Å². The van der Waals surface area contributed by atoms with E-state index in [0.717, 1.165) is 15.0 Å². The standard InChI is InChI=1S/C20H29N2PSe/c1-2-3-17-24-18-16-23(14-8-19-4-10-21-11-5-19)15-9-20-6-12-22-13-7-20/h4-7,10-13H,2-3,8-9,14-18H2,1H3. The van der Waals surface area contributed by atoms with E-state index in [4.69, 9.17) is 0 Å². The zero-order valence-corrected chi connectivity index (χ0v) is 17.3. The second kappa shape index (κ2) is 12.6. The SMILES string of the molecule is CCCC[Se]CCP(CCc1ccncc1)CCc1ccncc1. The summed E-state index contributed by atoms with van der Waals surface area (Å²) in [6, 6.07) is 8.67. The number of pyridine rings is 2. The summed E-state index contributed by atoms with van der Waals surface area (Å²) in [5.41, 5.74) is 2.89. The third-order valence-corrected chi connectivity index (χ3v) is 9.62. The van der Waals surface area contributed by atoms with Crippen LogP contribution in [0.3, 0.4) is 0 Å². The molecule has 2 aromatic rings. The van der Waals surface area contributed by atoms with E-state index in [0.29, 0.717) is 0 Å². The van der Waals surface area contributed by atoms with Gasteiger partial charge in [0.1, 0.15) is 0 Å². The molecular formula is C20H29N2PSe. The molecule has 2 heterocycles. The van der Waals surface area contributed by atoms with Crippen LogP contribution in [0.4, 0.5) is 0 Å². The van der Waals surface area contributed by atoms with Gasteiger partial charge in [-0.3, -0.25) is 0 Å². The van der Waals surface area contributed by atoms with Crippen LogP contribution >= 0.6 is 7.92 Å². The van der Waals surface area contributed by atoms with Crippen molar-refractivity contribution in [1.29, 1.82) is 0 Å². The van der Waals surface area contributed by atoms with Crippen molar-refractivity contribution >= 4 is 22.9 Å². The van der Waals surface area contributed by atoms with Crippen molar-refractivity contribution in [2.24, 2.45) is 0 Å². The first-order valence-electron chi connectivity index (χ1n) is 8.96. The van der Waals surface area contributed by atoms with Gasteiger partial charge in [-0.05, 0) is 0 Å². The number of rotatable bonds is 12. The molecule has 0 aliphatic rings. The van der Waals surface area contributed by atoms with Crippen LogP contribution in [-0.2, 0) is 12.8 Å². The molecule has 0 saturated heterocycles. The minimum atomic E-state index is 0.146. The van der Waals surface area contributed by atoms with Crippen LogP contribution in [0, 0.1) is 0 Å². The van der Waals surface area contributed by atoms with E-state index in [1.165, 1.54) is 65.9 Å². The Kier molecular flexibility index (Phi) is 10.3. The number of hydrogen-bond donors (Lipinski definition) is 0. The van der Waals surface area contributed by atoms with E-state index in [-0.39, 0.29) is 7.92 Å². The second-order valence-corrected chi connectivity index (χ2v) is 11.3. The van der Waals surface area contributed by atoms with Crippen LogP contribution in [0.2, 0.25) is 10.6 Å². The Hall–Kier alpha value is -0.751. The van der Waals surface area contributed by atoms with E-state index in [2.05, 4.69) is 41.2 Å². The van der Waals surface area contributed by atoms with Crippen molar-refractivity contribution < 1.29 is 0 Å². The first-order valence-corrected chi connectivity index (χ1v) is 13.3. The number of hydrogen-bond acceptors (Lipinski definition) is 2. The normalized spacial score (nSPS) is 11.1. The van der Waals surface area contributed by atoms with Crippen LogP contribution < -0.4 is 0 Å². The number of nitrogens with zero attached hydrogens (tertiary/aromatic N) is 2. The molecule has 0 spiro atoms. The molecule has 0 bridgehead atoms. The third-order valence-electron chi connectivity index (χ3n) is 4.13. The summed E-state index contributed by atoms with van der Waals surface area (Å²) in [5.74, 6) is 0. The van der Waals surface area contributed by atoms with E-state index in [1.54, 1.807) is 0 Å². The summed E-state index contributed by atoms with van der Waals surface area (Å²) in [7, 11) is 0.146. The van der Waals surface area contributed by atoms with Gasteiger partial charge in [0.25, 0.3) is 0 Å². The van der Waals surface area contributed by atoms with Gasteiger partial charge in [0.15, 0.2) is 0 Å². The average molecular weight is 407 g/mol. The Morgan fingerprint density at radius 3 is 1.83 bits per heavy atom. The molecule has 0 unspecified atom stereocenters. The monoisotopic (exact) mass is 408 g/mol. The van der Waals surface area contributed by atoms with Crippen LogP contribution in [0.15, 0.2) is 49.1 Å². The molecule has 24 heavy (non-hydrogen) atoms. The molecule has 2 nitrogen and oxygen atoms in total. The van der Waals surface area contributed by atoms with Crippen molar-refractivity contribution in [3.05, 3.63) is 60.2 Å². The second-order valence-electron chi connectivity index (χ2n) is 6.02. The van der Waals surface area contributed by atoms with E-state index in [1.807, 2.05) is 24.8 Å². The molecule has 2 rings (SSSR count). The van der Waals surface area contributed by atoms with Gasteiger partial charge in [-0.15, -0.1) is 0 Å². The Labute approximate surface area is 154 Å². The van der Waals surface area contributed by atoms with Crippen LogP contribution in [-0.4, -0.2) is 43.4 Å². The molecule has 4 heteroatoms. The molecule has 0 atom stereocenters. The minimum absolute atomic E-state index is 0.146. The Morgan fingerprint density at radius 2 is 1.33 bits per heavy atom. The Balaban J connectivity index is 1.78. The summed E-state index contributed by atoms with van der Waals surface area (Å²) in [6.45, 7) is 2.30. The predicted octanol–water partition coefficient (Wildman–Crippen LogP) is 5.08. The zero-order chi connectivity index (χ0) is 16.9. The molecule has 0 saturated carbocycles. The summed E-state index contributed by atoms with van der Waals surface area (Å²) in [4.78, 5) is 8.26. The molecule has 130 valence electrons. The molecule has 0 N–H and O–H groups in total. The van der Waals surface area contributed by atoms with Gasteiger partial charge in [-0.25, -0.2) is 0 Å². The maximum atomic E-state index is 4.13. The fourth-order valence-corrected chi connectivity index (χ4v) is 8.66. The quantitative estimate of drug-likeness (QED) is 0.278. The molecule has 0 aliphatic carbocycles. The van der Waals surface area contributed by atoms with Gasteiger partial charge in [0.05, 0.1) is 0 Å².